The van der Waals surface area contributed by atoms with Crippen LogP contribution in [-0.2, 0) is 6.42 Å². The van der Waals surface area contributed by atoms with Crippen molar-refractivity contribution in [2.75, 3.05) is 7.11 Å². The highest BCUT2D eigenvalue weighted by molar-refractivity contribution is 6.34. The Bertz CT molecular complexity index is 1120. The van der Waals surface area contributed by atoms with Gasteiger partial charge in [-0.15, -0.1) is 0 Å². The number of nitrogens with two attached hydrogens (primary N) is 1. The molecule has 4 rings (SSSR count). The number of methoxy groups -OCH3 is 1. The molecule has 0 radical (unpaired) electrons. The number of primary amides is 1. The zero-order valence-electron chi connectivity index (χ0n) is 15.2. The molecular weight excluding hydrogens is 402 g/mol. The maximum Gasteiger partial charge on any atom is 0.251 e. The summed E-state index contributed by atoms with van der Waals surface area (Å²) >= 11 is 6.24. The summed E-state index contributed by atoms with van der Waals surface area (Å²) in [5.41, 5.74) is 6.26. The topological polar surface area (TPSA) is 74.4 Å². The van der Waals surface area contributed by atoms with E-state index < -0.39 is 23.6 Å². The maximum absolute atomic E-state index is 15.2. The quantitative estimate of drug-likeness (QED) is 0.681. The Labute approximate surface area is 170 Å². The molecule has 0 saturated carbocycles. The Kier molecular flexibility index (Phi) is 4.84. The van der Waals surface area contributed by atoms with E-state index in [9.17, 15) is 9.18 Å². The van der Waals surface area contributed by atoms with Crippen LogP contribution < -0.4 is 15.2 Å². The Morgan fingerprint density at radius 3 is 2.66 bits per heavy atom. The van der Waals surface area contributed by atoms with Crippen molar-refractivity contribution in [1.29, 1.82) is 0 Å². The summed E-state index contributed by atoms with van der Waals surface area (Å²) in [5.74, 6) is -2.83. The molecule has 1 atom stereocenters. The molecule has 0 aliphatic carbocycles. The van der Waals surface area contributed by atoms with Gasteiger partial charge in [-0.1, -0.05) is 41.9 Å². The van der Waals surface area contributed by atoms with Gasteiger partial charge in [0.05, 0.1) is 17.7 Å². The average Bonchev–Trinajstić information content (AvgIpc) is 3.13. The van der Waals surface area contributed by atoms with Crippen molar-refractivity contribution in [3.05, 3.63) is 75.9 Å². The smallest absolute Gasteiger partial charge is 0.251 e. The number of halogens is 3. The van der Waals surface area contributed by atoms with Crippen LogP contribution in [0.15, 0.2) is 42.6 Å². The van der Waals surface area contributed by atoms with Gasteiger partial charge in [0.1, 0.15) is 17.7 Å². The maximum atomic E-state index is 15.2. The molecular formula is C21H15ClF2N2O3. The zero-order chi connectivity index (χ0) is 20.7. The van der Waals surface area contributed by atoms with Gasteiger partial charge in [0, 0.05) is 35.4 Å². The van der Waals surface area contributed by atoms with E-state index in [0.717, 1.165) is 17.8 Å². The minimum atomic E-state index is -0.957. The third kappa shape index (κ3) is 3.17. The van der Waals surface area contributed by atoms with Crippen LogP contribution in [0.1, 0.15) is 27.6 Å². The number of ether oxygens (including phenoxy) is 2. The van der Waals surface area contributed by atoms with Gasteiger partial charge in [0.2, 0.25) is 0 Å². The molecule has 148 valence electrons. The Balaban J connectivity index is 1.96. The predicted molar refractivity (Wildman–Crippen MR) is 103 cm³/mol. The standard InChI is InChI=1S/C21H15ClF2N2O3/c1-28-21-19(24)17(12(9-26-21)20(25)27)16-11-7-14(10-5-3-2-4-6-10)29-15(11)8-13(23)18(16)22/h2-6,8-9,14H,7H2,1H3,(H2,25,27). The van der Waals surface area contributed by atoms with Crippen LogP contribution in [0.3, 0.4) is 0 Å². The molecule has 29 heavy (non-hydrogen) atoms. The molecule has 1 unspecified atom stereocenters. The third-order valence-electron chi connectivity index (χ3n) is 4.81. The van der Waals surface area contributed by atoms with E-state index in [-0.39, 0.29) is 33.3 Å². The molecule has 1 aromatic heterocycles. The van der Waals surface area contributed by atoms with Crippen LogP contribution in [0.25, 0.3) is 11.1 Å². The van der Waals surface area contributed by atoms with Crippen LogP contribution in [0, 0.1) is 11.6 Å². The fourth-order valence-corrected chi connectivity index (χ4v) is 3.75. The molecule has 8 heteroatoms. The molecule has 0 fully saturated rings. The van der Waals surface area contributed by atoms with E-state index >= 15 is 4.39 Å². The molecule has 5 nitrogen and oxygen atoms in total. The van der Waals surface area contributed by atoms with Crippen LogP contribution in [0.2, 0.25) is 5.02 Å². The first-order valence-electron chi connectivity index (χ1n) is 8.67. The summed E-state index contributed by atoms with van der Waals surface area (Å²) in [6.07, 6.45) is 0.973. The van der Waals surface area contributed by atoms with E-state index in [1.165, 1.54) is 7.11 Å². The molecule has 1 aliphatic heterocycles. The van der Waals surface area contributed by atoms with Gasteiger partial charge in [-0.3, -0.25) is 4.79 Å². The first-order chi connectivity index (χ1) is 13.9. The number of hydrogen-bond donors (Lipinski definition) is 1. The van der Waals surface area contributed by atoms with Crippen LogP contribution in [0.5, 0.6) is 11.6 Å². The minimum absolute atomic E-state index is 0.00657. The van der Waals surface area contributed by atoms with Crippen LogP contribution >= 0.6 is 11.6 Å². The monoisotopic (exact) mass is 416 g/mol. The number of pyridine rings is 1. The molecule has 2 heterocycles. The molecule has 3 aromatic rings. The number of amides is 1. The number of carbonyl (C=O) groups excluding carboxylic acids is 1. The first-order valence-corrected chi connectivity index (χ1v) is 9.05. The lowest BCUT2D eigenvalue weighted by molar-refractivity contribution is 0.1000. The molecule has 0 saturated heterocycles. The summed E-state index contributed by atoms with van der Waals surface area (Å²) in [6, 6.07) is 10.5. The van der Waals surface area contributed by atoms with Gasteiger partial charge in [-0.25, -0.2) is 13.8 Å². The van der Waals surface area contributed by atoms with E-state index in [2.05, 4.69) is 4.98 Å². The molecule has 2 aromatic carbocycles. The van der Waals surface area contributed by atoms with Crippen LogP contribution in [-0.4, -0.2) is 18.0 Å². The summed E-state index contributed by atoms with van der Waals surface area (Å²) in [5, 5.41) is -0.337. The summed E-state index contributed by atoms with van der Waals surface area (Å²) in [4.78, 5) is 15.7. The third-order valence-corrected chi connectivity index (χ3v) is 5.18. The molecule has 2 N–H and O–H groups in total. The number of hydrogen-bond acceptors (Lipinski definition) is 4. The van der Waals surface area contributed by atoms with Crippen molar-refractivity contribution < 1.29 is 23.0 Å². The molecule has 0 spiro atoms. The van der Waals surface area contributed by atoms with Gasteiger partial charge in [0.25, 0.3) is 11.8 Å². The summed E-state index contributed by atoms with van der Waals surface area (Å²) in [7, 11) is 1.23. The van der Waals surface area contributed by atoms with Crippen molar-refractivity contribution in [3.63, 3.8) is 0 Å². The van der Waals surface area contributed by atoms with E-state index in [4.69, 9.17) is 26.8 Å². The lowest BCUT2D eigenvalue weighted by Gasteiger charge is -2.15. The fourth-order valence-electron chi connectivity index (χ4n) is 3.49. The molecule has 1 aliphatic rings. The highest BCUT2D eigenvalue weighted by Gasteiger charge is 2.33. The van der Waals surface area contributed by atoms with Crippen molar-refractivity contribution in [2.45, 2.75) is 12.5 Å². The highest BCUT2D eigenvalue weighted by Crippen LogP contribution is 2.48. The minimum Gasteiger partial charge on any atom is -0.485 e. The molecule has 0 bridgehead atoms. The number of aromatic nitrogens is 1. The van der Waals surface area contributed by atoms with E-state index in [1.54, 1.807) is 0 Å². The van der Waals surface area contributed by atoms with Gasteiger partial charge in [0.15, 0.2) is 5.82 Å². The van der Waals surface area contributed by atoms with Gasteiger partial charge in [-0.2, -0.15) is 0 Å². The van der Waals surface area contributed by atoms with Gasteiger partial charge in [-0.05, 0) is 5.56 Å². The SMILES string of the molecule is COc1ncc(C(N)=O)c(-c2c(Cl)c(F)cc3c2CC(c2ccccc2)O3)c1F. The lowest BCUT2D eigenvalue weighted by Crippen LogP contribution is -2.15. The molecule has 1 amide bonds. The first kappa shape index (κ1) is 19.1. The predicted octanol–water partition coefficient (Wildman–Crippen LogP) is 4.46. The second-order valence-electron chi connectivity index (χ2n) is 6.48. The Morgan fingerprint density at radius 1 is 1.28 bits per heavy atom. The zero-order valence-corrected chi connectivity index (χ0v) is 16.0. The second kappa shape index (κ2) is 7.33. The van der Waals surface area contributed by atoms with Crippen molar-refractivity contribution in [3.8, 4) is 22.8 Å². The normalized spacial score (nSPS) is 15.0. The van der Waals surface area contributed by atoms with Crippen LogP contribution in [0.4, 0.5) is 8.78 Å². The lowest BCUT2D eigenvalue weighted by atomic mass is 9.92. The Morgan fingerprint density at radius 2 is 2.00 bits per heavy atom. The van der Waals surface area contributed by atoms with Crippen molar-refractivity contribution >= 4 is 17.5 Å². The van der Waals surface area contributed by atoms with Gasteiger partial charge < -0.3 is 15.2 Å². The van der Waals surface area contributed by atoms with E-state index in [0.29, 0.717) is 12.0 Å². The Hall–Kier alpha value is -3.19. The van der Waals surface area contributed by atoms with E-state index in [1.807, 2.05) is 30.3 Å². The number of nitrogens with zero attached hydrogens (tertiary/aromatic N) is 1. The number of carbonyl (C=O) groups is 1. The van der Waals surface area contributed by atoms with Crippen molar-refractivity contribution in [2.24, 2.45) is 5.73 Å². The fraction of sp³-hybridized carbons (Fsp3) is 0.143. The van der Waals surface area contributed by atoms with Crippen molar-refractivity contribution in [1.82, 2.24) is 4.98 Å². The number of benzene rings is 2. The largest absolute Gasteiger partial charge is 0.485 e. The average molecular weight is 417 g/mol. The summed E-state index contributed by atoms with van der Waals surface area (Å²) < 4.78 is 40.6. The highest BCUT2D eigenvalue weighted by atomic mass is 35.5. The number of rotatable bonds is 4. The number of fused-ring (bicyclic) bond motifs is 1. The van der Waals surface area contributed by atoms with Gasteiger partial charge >= 0.3 is 0 Å². The summed E-state index contributed by atoms with van der Waals surface area (Å²) in [6.45, 7) is 0. The second-order valence-corrected chi connectivity index (χ2v) is 6.86.